The van der Waals surface area contributed by atoms with Crippen molar-refractivity contribution in [2.24, 2.45) is 10.2 Å². The molecular weight excluding hydrogens is 497 g/mol. The predicted octanol–water partition coefficient (Wildman–Crippen LogP) is 5.29. The lowest BCUT2D eigenvalue weighted by molar-refractivity contribution is 0.122. The van der Waals surface area contributed by atoms with Crippen LogP contribution < -0.4 is 10.2 Å². The van der Waals surface area contributed by atoms with E-state index in [1.807, 2.05) is 42.2 Å². The van der Waals surface area contributed by atoms with Crippen LogP contribution in [0.2, 0.25) is 5.02 Å². The van der Waals surface area contributed by atoms with Gasteiger partial charge >= 0.3 is 0 Å². The molecule has 0 spiro atoms. The fourth-order valence-electron chi connectivity index (χ4n) is 3.66. The summed E-state index contributed by atoms with van der Waals surface area (Å²) in [5, 5.41) is 12.0. The second kappa shape index (κ2) is 11.3. The molecule has 0 bridgehead atoms. The van der Waals surface area contributed by atoms with Crippen LogP contribution in [-0.2, 0) is 11.3 Å². The van der Waals surface area contributed by atoms with Crippen LogP contribution in [0, 0.1) is 12.7 Å². The van der Waals surface area contributed by atoms with Gasteiger partial charge in [0.2, 0.25) is 0 Å². The van der Waals surface area contributed by atoms with Gasteiger partial charge in [-0.15, -0.1) is 5.11 Å². The summed E-state index contributed by atoms with van der Waals surface area (Å²) in [5.74, 6) is 0.399. The second-order valence-electron chi connectivity index (χ2n) is 8.32. The third kappa shape index (κ3) is 6.38. The van der Waals surface area contributed by atoms with Gasteiger partial charge in [-0.25, -0.2) is 19.3 Å². The molecule has 0 atom stereocenters. The van der Waals surface area contributed by atoms with Gasteiger partial charge in [0, 0.05) is 41.8 Å². The third-order valence-corrected chi connectivity index (χ3v) is 5.68. The van der Waals surface area contributed by atoms with Crippen LogP contribution in [-0.4, -0.2) is 51.2 Å². The van der Waals surface area contributed by atoms with Crippen LogP contribution in [0.1, 0.15) is 11.3 Å². The summed E-state index contributed by atoms with van der Waals surface area (Å²) in [6, 6.07) is 9.27. The molecule has 188 valence electrons. The summed E-state index contributed by atoms with van der Waals surface area (Å²) in [6.45, 7) is 4.33. The lowest BCUT2D eigenvalue weighted by Crippen LogP contribution is -2.37. The highest BCUT2D eigenvalue weighted by Crippen LogP contribution is 2.27. The fourth-order valence-corrected chi connectivity index (χ4v) is 3.89. The molecule has 5 rings (SSSR count). The number of pyridine rings is 1. The maximum Gasteiger partial charge on any atom is 0.270 e. The number of hydrogen-bond acceptors (Lipinski definition) is 10. The van der Waals surface area contributed by atoms with E-state index in [9.17, 15) is 4.39 Å². The van der Waals surface area contributed by atoms with E-state index >= 15 is 0 Å². The number of morpholine rings is 1. The zero-order valence-electron chi connectivity index (χ0n) is 20.0. The minimum Gasteiger partial charge on any atom is -0.378 e. The molecule has 3 aromatic heterocycles. The van der Waals surface area contributed by atoms with Crippen LogP contribution in [0.5, 0.6) is 0 Å². The molecular formula is C25H23ClFN9O. The van der Waals surface area contributed by atoms with Crippen molar-refractivity contribution in [3.63, 3.8) is 0 Å². The Morgan fingerprint density at radius 2 is 1.81 bits per heavy atom. The normalized spacial score (nSPS) is 13.8. The lowest BCUT2D eigenvalue weighted by atomic mass is 10.1. The Bertz CT molecular complexity index is 1390. The average molecular weight is 520 g/mol. The Kier molecular flexibility index (Phi) is 7.52. The van der Waals surface area contributed by atoms with E-state index in [1.54, 1.807) is 18.6 Å². The highest BCUT2D eigenvalue weighted by atomic mass is 35.5. The Morgan fingerprint density at radius 1 is 1.00 bits per heavy atom. The lowest BCUT2D eigenvalue weighted by Gasteiger charge is -2.27. The number of benzene rings is 1. The SMILES string of the molecule is Cc1cnc(-c2cc(Cl)cc(Nc3ccc(CN=Nc4ncc(F)c(N5CCOCC5)n4)nc3)c2)nc1. The van der Waals surface area contributed by atoms with Gasteiger partial charge in [0.25, 0.3) is 5.95 Å². The quantitative estimate of drug-likeness (QED) is 0.327. The molecule has 0 radical (unpaired) electrons. The van der Waals surface area contributed by atoms with Crippen LogP contribution in [0.15, 0.2) is 65.3 Å². The van der Waals surface area contributed by atoms with Crippen molar-refractivity contribution in [1.29, 1.82) is 0 Å². The van der Waals surface area contributed by atoms with Crippen LogP contribution in [0.3, 0.4) is 0 Å². The predicted molar refractivity (Wildman–Crippen MR) is 138 cm³/mol. The van der Waals surface area contributed by atoms with E-state index in [-0.39, 0.29) is 18.3 Å². The number of aryl methyl sites for hydroxylation is 1. The highest BCUT2D eigenvalue weighted by Gasteiger charge is 2.17. The van der Waals surface area contributed by atoms with Crippen molar-refractivity contribution in [3.8, 4) is 11.4 Å². The molecule has 4 heterocycles. The molecule has 1 aromatic carbocycles. The van der Waals surface area contributed by atoms with E-state index in [0.717, 1.165) is 28.7 Å². The first-order valence-electron chi connectivity index (χ1n) is 11.6. The second-order valence-corrected chi connectivity index (χ2v) is 8.75. The van der Waals surface area contributed by atoms with E-state index in [4.69, 9.17) is 16.3 Å². The molecule has 37 heavy (non-hydrogen) atoms. The van der Waals surface area contributed by atoms with Crippen molar-refractivity contribution in [1.82, 2.24) is 24.9 Å². The monoisotopic (exact) mass is 519 g/mol. The largest absolute Gasteiger partial charge is 0.378 e. The number of anilines is 3. The summed E-state index contributed by atoms with van der Waals surface area (Å²) < 4.78 is 19.5. The summed E-state index contributed by atoms with van der Waals surface area (Å²) in [5.41, 5.74) is 4.04. The average Bonchev–Trinajstić information content (AvgIpc) is 2.91. The Balaban J connectivity index is 1.22. The van der Waals surface area contributed by atoms with Crippen LogP contribution in [0.4, 0.5) is 27.5 Å². The molecule has 0 aliphatic carbocycles. The maximum absolute atomic E-state index is 14.2. The van der Waals surface area contributed by atoms with Crippen molar-refractivity contribution < 1.29 is 9.13 Å². The first-order chi connectivity index (χ1) is 18.0. The molecule has 1 aliphatic rings. The van der Waals surface area contributed by atoms with Crippen molar-refractivity contribution in [2.45, 2.75) is 13.5 Å². The first kappa shape index (κ1) is 24.6. The van der Waals surface area contributed by atoms with Gasteiger partial charge in [-0.2, -0.15) is 10.1 Å². The molecule has 0 saturated carbocycles. The molecule has 0 unspecified atom stereocenters. The summed E-state index contributed by atoms with van der Waals surface area (Å²) >= 11 is 6.32. The third-order valence-electron chi connectivity index (χ3n) is 5.47. The molecule has 12 heteroatoms. The van der Waals surface area contributed by atoms with E-state index in [2.05, 4.69) is 40.5 Å². The van der Waals surface area contributed by atoms with Crippen LogP contribution in [0.25, 0.3) is 11.4 Å². The smallest absolute Gasteiger partial charge is 0.270 e. The number of hydrogen-bond donors (Lipinski definition) is 1. The van der Waals surface area contributed by atoms with Gasteiger partial charge in [0.15, 0.2) is 17.5 Å². The van der Waals surface area contributed by atoms with E-state index < -0.39 is 5.82 Å². The van der Waals surface area contributed by atoms with Gasteiger partial charge < -0.3 is 15.0 Å². The molecule has 1 saturated heterocycles. The molecule has 1 fully saturated rings. The molecule has 1 N–H and O–H groups in total. The minimum atomic E-state index is -0.496. The Labute approximate surface area is 217 Å². The summed E-state index contributed by atoms with van der Waals surface area (Å²) in [6.07, 6.45) is 6.33. The standard InChI is InChI=1S/C25H23ClFN9O/c1-16-11-29-23(30-12-16)17-8-18(26)10-21(9-17)33-20-3-2-19(28-13-20)14-32-35-25-31-15-22(27)24(34-25)36-4-6-37-7-5-36/h2-3,8-13,15,33H,4-7,14H2,1H3. The van der Waals surface area contributed by atoms with Crippen molar-refractivity contribution >= 4 is 34.7 Å². The van der Waals surface area contributed by atoms with Crippen molar-refractivity contribution in [2.75, 3.05) is 36.5 Å². The van der Waals surface area contributed by atoms with Gasteiger partial charge in [-0.1, -0.05) is 11.6 Å². The first-order valence-corrected chi connectivity index (χ1v) is 12.0. The number of azo groups is 1. The topological polar surface area (TPSA) is 114 Å². The number of aromatic nitrogens is 5. The van der Waals surface area contributed by atoms with Crippen LogP contribution >= 0.6 is 11.6 Å². The van der Waals surface area contributed by atoms with Gasteiger partial charge in [0.05, 0.1) is 37.0 Å². The number of nitrogens with one attached hydrogen (secondary N) is 1. The maximum atomic E-state index is 14.2. The molecule has 4 aromatic rings. The molecule has 10 nitrogen and oxygen atoms in total. The number of halogens is 2. The summed E-state index contributed by atoms with van der Waals surface area (Å²) in [4.78, 5) is 23.1. The Morgan fingerprint density at radius 3 is 2.57 bits per heavy atom. The highest BCUT2D eigenvalue weighted by molar-refractivity contribution is 6.31. The number of nitrogens with zero attached hydrogens (tertiary/aromatic N) is 8. The zero-order chi connectivity index (χ0) is 25.6. The fraction of sp³-hybridized carbons (Fsp3) is 0.240. The number of ether oxygens (including phenoxy) is 1. The van der Waals surface area contributed by atoms with Gasteiger partial charge in [-0.3, -0.25) is 4.98 Å². The van der Waals surface area contributed by atoms with Gasteiger partial charge in [-0.05, 0) is 42.8 Å². The number of rotatable bonds is 7. The van der Waals surface area contributed by atoms with Crippen molar-refractivity contribution in [3.05, 3.63) is 77.2 Å². The van der Waals surface area contributed by atoms with E-state index in [0.29, 0.717) is 42.8 Å². The van der Waals surface area contributed by atoms with E-state index in [1.165, 1.54) is 0 Å². The molecule has 1 aliphatic heterocycles. The molecule has 0 amide bonds. The van der Waals surface area contributed by atoms with Gasteiger partial charge in [0.1, 0.15) is 6.54 Å². The summed E-state index contributed by atoms with van der Waals surface area (Å²) in [7, 11) is 0. The zero-order valence-corrected chi connectivity index (χ0v) is 20.7. The minimum absolute atomic E-state index is 0.0931. The Hall–Kier alpha value is -4.09.